The van der Waals surface area contributed by atoms with Gasteiger partial charge in [-0.05, 0) is 0 Å². The van der Waals surface area contributed by atoms with Crippen LogP contribution in [0.1, 0.15) is 12.8 Å². The predicted molar refractivity (Wildman–Crippen MR) is 117 cm³/mol. The van der Waals surface area contributed by atoms with Crippen LogP contribution >= 0.6 is 26.3 Å². The average Bonchev–Trinajstić information content (AvgIpc) is 3.48. The Bertz CT molecular complexity index is 711. The molecule has 3 aromatic rings. The van der Waals surface area contributed by atoms with Crippen LogP contribution in [0.25, 0.3) is 0 Å². The number of rotatable bonds is 5. The molecule has 0 nitrogen and oxygen atoms in total. The third-order valence-corrected chi connectivity index (χ3v) is 16.7. The minimum atomic E-state index is -2.46. The summed E-state index contributed by atoms with van der Waals surface area (Å²) in [6.07, 6.45) is 4.05. The SMILES string of the molecule is IP(CC1CC1)(c1ccccc1)(c1ccccc1)c1ccccc1. The Balaban J connectivity index is 2.07. The first-order chi connectivity index (χ1) is 11.7. The first-order valence-electron chi connectivity index (χ1n) is 8.61. The molecule has 0 spiro atoms. The number of halogens is 1. The Labute approximate surface area is 157 Å². The van der Waals surface area contributed by atoms with Gasteiger partial charge in [0.15, 0.2) is 0 Å². The molecule has 0 aromatic heterocycles. The van der Waals surface area contributed by atoms with Crippen molar-refractivity contribution in [3.8, 4) is 0 Å². The molecule has 1 fully saturated rings. The molecule has 0 N–H and O–H groups in total. The van der Waals surface area contributed by atoms with E-state index in [2.05, 4.69) is 113 Å². The van der Waals surface area contributed by atoms with Crippen LogP contribution in [0.5, 0.6) is 0 Å². The van der Waals surface area contributed by atoms with E-state index in [1.54, 1.807) is 0 Å². The van der Waals surface area contributed by atoms with Crippen LogP contribution in [-0.2, 0) is 0 Å². The third kappa shape index (κ3) is 2.62. The molecule has 0 bridgehead atoms. The fraction of sp³-hybridized carbons (Fsp3) is 0.182. The van der Waals surface area contributed by atoms with E-state index in [9.17, 15) is 0 Å². The van der Waals surface area contributed by atoms with Crippen molar-refractivity contribution < 1.29 is 0 Å². The van der Waals surface area contributed by atoms with Crippen LogP contribution in [-0.4, -0.2) is 6.16 Å². The number of hydrogen-bond donors (Lipinski definition) is 0. The van der Waals surface area contributed by atoms with Crippen molar-refractivity contribution in [1.29, 1.82) is 0 Å². The third-order valence-electron chi connectivity index (χ3n) is 5.18. The van der Waals surface area contributed by atoms with Crippen molar-refractivity contribution in [3.63, 3.8) is 0 Å². The maximum atomic E-state index is 2.89. The van der Waals surface area contributed by atoms with Gasteiger partial charge in [-0.2, -0.15) is 0 Å². The minimum absolute atomic E-state index is 0.861. The fourth-order valence-corrected chi connectivity index (χ4v) is 13.6. The Morgan fingerprint density at radius 3 is 1.25 bits per heavy atom. The summed E-state index contributed by atoms with van der Waals surface area (Å²) >= 11 is 2.89. The van der Waals surface area contributed by atoms with Crippen LogP contribution < -0.4 is 15.9 Å². The molecule has 4 rings (SSSR count). The van der Waals surface area contributed by atoms with Gasteiger partial charge in [0, 0.05) is 0 Å². The van der Waals surface area contributed by atoms with Crippen molar-refractivity contribution in [2.24, 2.45) is 5.92 Å². The first kappa shape index (κ1) is 16.3. The van der Waals surface area contributed by atoms with Crippen molar-refractivity contribution in [3.05, 3.63) is 91.0 Å². The van der Waals surface area contributed by atoms with E-state index < -0.39 is 4.25 Å². The van der Waals surface area contributed by atoms with E-state index in [1.165, 1.54) is 34.9 Å². The maximum absolute atomic E-state index is 2.89. The summed E-state index contributed by atoms with van der Waals surface area (Å²) in [4.78, 5) is 0. The van der Waals surface area contributed by atoms with Crippen molar-refractivity contribution >= 4 is 42.2 Å². The van der Waals surface area contributed by atoms with Gasteiger partial charge < -0.3 is 0 Å². The van der Waals surface area contributed by atoms with E-state index in [4.69, 9.17) is 0 Å². The van der Waals surface area contributed by atoms with E-state index in [1.807, 2.05) is 0 Å². The summed E-state index contributed by atoms with van der Waals surface area (Å²) in [6, 6.07) is 33.7. The van der Waals surface area contributed by atoms with Gasteiger partial charge in [0.05, 0.1) is 0 Å². The van der Waals surface area contributed by atoms with Gasteiger partial charge in [-0.25, -0.2) is 0 Å². The van der Waals surface area contributed by atoms with Crippen molar-refractivity contribution in [2.45, 2.75) is 12.8 Å². The summed E-state index contributed by atoms with van der Waals surface area (Å²) in [6.45, 7) is 0. The molecule has 0 saturated heterocycles. The van der Waals surface area contributed by atoms with Crippen LogP contribution in [0.4, 0.5) is 0 Å². The quantitative estimate of drug-likeness (QED) is 0.371. The van der Waals surface area contributed by atoms with Gasteiger partial charge in [0.2, 0.25) is 0 Å². The number of benzene rings is 3. The molecule has 1 saturated carbocycles. The molecule has 0 radical (unpaired) electrons. The van der Waals surface area contributed by atoms with Gasteiger partial charge in [-0.15, -0.1) is 0 Å². The Morgan fingerprint density at radius 1 is 0.625 bits per heavy atom. The van der Waals surface area contributed by atoms with Crippen molar-refractivity contribution in [1.82, 2.24) is 0 Å². The summed E-state index contributed by atoms with van der Waals surface area (Å²) in [5.74, 6) is 0.861. The molecule has 1 aliphatic carbocycles. The van der Waals surface area contributed by atoms with Gasteiger partial charge in [-0.1, -0.05) is 0 Å². The molecule has 122 valence electrons. The molecular formula is C22H22IP. The van der Waals surface area contributed by atoms with Gasteiger partial charge in [0.1, 0.15) is 0 Å². The second-order valence-electron chi connectivity index (χ2n) is 6.82. The van der Waals surface area contributed by atoms with Crippen LogP contribution in [0, 0.1) is 5.92 Å². The fourth-order valence-electron chi connectivity index (χ4n) is 3.77. The normalized spacial score (nSPS) is 16.3. The van der Waals surface area contributed by atoms with Gasteiger partial charge in [0.25, 0.3) is 0 Å². The zero-order valence-corrected chi connectivity index (χ0v) is 16.7. The zero-order chi connectivity index (χ0) is 16.5. The molecule has 0 aliphatic heterocycles. The average molecular weight is 444 g/mol. The van der Waals surface area contributed by atoms with Crippen LogP contribution in [0.15, 0.2) is 91.0 Å². The molecule has 0 unspecified atom stereocenters. The molecule has 3 aromatic carbocycles. The van der Waals surface area contributed by atoms with Crippen LogP contribution in [0.3, 0.4) is 0 Å². The summed E-state index contributed by atoms with van der Waals surface area (Å²) in [5, 5.41) is 4.52. The second-order valence-corrected chi connectivity index (χ2v) is 17.5. The van der Waals surface area contributed by atoms with E-state index in [0.717, 1.165) is 5.92 Å². The standard InChI is InChI=1S/C22H22IP/c23-24(18-19-16-17-19,20-10-4-1-5-11-20,21-12-6-2-7-13-21)22-14-8-3-9-15-22/h1-15,19H,16-18H2. The first-order valence-corrected chi connectivity index (χ1v) is 13.8. The van der Waals surface area contributed by atoms with E-state index >= 15 is 0 Å². The van der Waals surface area contributed by atoms with Gasteiger partial charge >= 0.3 is 158 Å². The summed E-state index contributed by atoms with van der Waals surface area (Å²) in [7, 11) is 0. The van der Waals surface area contributed by atoms with Crippen LogP contribution in [0.2, 0.25) is 0 Å². The number of hydrogen-bond acceptors (Lipinski definition) is 0. The summed E-state index contributed by atoms with van der Waals surface area (Å²) in [5.41, 5.74) is 0. The molecule has 2 heteroatoms. The molecule has 0 heterocycles. The predicted octanol–water partition coefficient (Wildman–Crippen LogP) is 5.28. The molecule has 0 atom stereocenters. The molecule has 0 amide bonds. The zero-order valence-electron chi connectivity index (χ0n) is 13.7. The monoisotopic (exact) mass is 444 g/mol. The Hall–Kier alpha value is -1.18. The molecule has 1 aliphatic rings. The Morgan fingerprint density at radius 2 is 0.958 bits per heavy atom. The van der Waals surface area contributed by atoms with Crippen molar-refractivity contribution in [2.75, 3.05) is 6.16 Å². The van der Waals surface area contributed by atoms with Gasteiger partial charge in [-0.3, -0.25) is 0 Å². The Kier molecular flexibility index (Phi) is 4.26. The van der Waals surface area contributed by atoms with E-state index in [-0.39, 0.29) is 0 Å². The topological polar surface area (TPSA) is 0 Å². The molecular weight excluding hydrogens is 422 g/mol. The second kappa shape index (κ2) is 6.28. The summed E-state index contributed by atoms with van der Waals surface area (Å²) < 4.78 is -2.46. The van der Waals surface area contributed by atoms with E-state index in [0.29, 0.717) is 0 Å². The molecule has 24 heavy (non-hydrogen) atoms.